The first kappa shape index (κ1) is 8.51. The maximum atomic E-state index is 5.61. The molecule has 0 amide bonds. The molecule has 0 atom stereocenters. The van der Waals surface area contributed by atoms with E-state index >= 15 is 0 Å². The Morgan fingerprint density at radius 3 is 2.92 bits per heavy atom. The molecule has 1 aliphatic rings. The van der Waals surface area contributed by atoms with E-state index in [1.54, 1.807) is 13.3 Å². The van der Waals surface area contributed by atoms with Crippen molar-refractivity contribution in [3.63, 3.8) is 0 Å². The fourth-order valence-corrected chi connectivity index (χ4v) is 1.45. The zero-order valence-corrected chi connectivity index (χ0v) is 7.79. The summed E-state index contributed by atoms with van der Waals surface area (Å²) in [5, 5.41) is 0. The van der Waals surface area contributed by atoms with E-state index < -0.39 is 0 Å². The summed E-state index contributed by atoms with van der Waals surface area (Å²) in [6.45, 7) is 0.519. The van der Waals surface area contributed by atoms with Gasteiger partial charge in [-0.1, -0.05) is 0 Å². The molecular formula is C10H14N2O. The summed E-state index contributed by atoms with van der Waals surface area (Å²) in [5.41, 5.74) is 7.83. The van der Waals surface area contributed by atoms with E-state index in [-0.39, 0.29) is 0 Å². The average molecular weight is 178 g/mol. The minimum Gasteiger partial charge on any atom is -0.495 e. The van der Waals surface area contributed by atoms with Crippen LogP contribution in [0.25, 0.3) is 0 Å². The number of pyridine rings is 1. The van der Waals surface area contributed by atoms with E-state index in [9.17, 15) is 0 Å². The highest BCUT2D eigenvalue weighted by atomic mass is 16.5. The topological polar surface area (TPSA) is 48.1 Å². The Kier molecular flexibility index (Phi) is 2.19. The van der Waals surface area contributed by atoms with Crippen molar-refractivity contribution in [3.8, 4) is 5.75 Å². The molecule has 0 aromatic carbocycles. The Morgan fingerprint density at radius 2 is 2.38 bits per heavy atom. The van der Waals surface area contributed by atoms with Crippen molar-refractivity contribution in [1.82, 2.24) is 4.98 Å². The SMILES string of the molecule is COc1cnc(C2CC2)cc1CN. The third kappa shape index (κ3) is 1.65. The van der Waals surface area contributed by atoms with Gasteiger partial charge in [0, 0.05) is 23.7 Å². The molecule has 3 heteroatoms. The van der Waals surface area contributed by atoms with Crippen LogP contribution in [-0.4, -0.2) is 12.1 Å². The van der Waals surface area contributed by atoms with Gasteiger partial charge in [-0.3, -0.25) is 4.98 Å². The summed E-state index contributed by atoms with van der Waals surface area (Å²) >= 11 is 0. The van der Waals surface area contributed by atoms with E-state index in [4.69, 9.17) is 10.5 Å². The Balaban J connectivity index is 2.31. The lowest BCUT2D eigenvalue weighted by molar-refractivity contribution is 0.407. The lowest BCUT2D eigenvalue weighted by Crippen LogP contribution is -2.02. The smallest absolute Gasteiger partial charge is 0.141 e. The standard InChI is InChI=1S/C10H14N2O/c1-13-10-6-12-9(7-2-3-7)4-8(10)5-11/h4,6-7H,2-3,5,11H2,1H3. The first-order valence-electron chi connectivity index (χ1n) is 4.58. The molecule has 1 aromatic heterocycles. The summed E-state index contributed by atoms with van der Waals surface area (Å²) in [7, 11) is 1.65. The first-order valence-corrected chi connectivity index (χ1v) is 4.58. The molecule has 1 heterocycles. The van der Waals surface area contributed by atoms with E-state index in [1.165, 1.54) is 18.5 Å². The number of rotatable bonds is 3. The Hall–Kier alpha value is -1.09. The molecule has 2 N–H and O–H groups in total. The van der Waals surface area contributed by atoms with Crippen molar-refractivity contribution in [2.24, 2.45) is 5.73 Å². The van der Waals surface area contributed by atoms with Crippen LogP contribution >= 0.6 is 0 Å². The molecule has 1 fully saturated rings. The van der Waals surface area contributed by atoms with Gasteiger partial charge in [-0.05, 0) is 18.9 Å². The molecule has 0 radical (unpaired) electrons. The van der Waals surface area contributed by atoms with Crippen LogP contribution in [0, 0.1) is 0 Å². The van der Waals surface area contributed by atoms with Crippen LogP contribution in [0.5, 0.6) is 5.75 Å². The van der Waals surface area contributed by atoms with Gasteiger partial charge in [0.25, 0.3) is 0 Å². The van der Waals surface area contributed by atoms with Crippen molar-refractivity contribution in [2.45, 2.75) is 25.3 Å². The van der Waals surface area contributed by atoms with E-state index in [0.29, 0.717) is 12.5 Å². The summed E-state index contributed by atoms with van der Waals surface area (Å²) in [6.07, 6.45) is 4.31. The molecule has 0 unspecified atom stereocenters. The predicted octanol–water partition coefficient (Wildman–Crippen LogP) is 1.43. The van der Waals surface area contributed by atoms with Crippen LogP contribution in [0.1, 0.15) is 30.0 Å². The van der Waals surface area contributed by atoms with Gasteiger partial charge in [-0.25, -0.2) is 0 Å². The third-order valence-electron chi connectivity index (χ3n) is 2.40. The number of methoxy groups -OCH3 is 1. The third-order valence-corrected chi connectivity index (χ3v) is 2.40. The minimum atomic E-state index is 0.519. The molecule has 1 aromatic rings. The van der Waals surface area contributed by atoms with Gasteiger partial charge in [0.05, 0.1) is 13.3 Å². The second kappa shape index (κ2) is 3.34. The highest BCUT2D eigenvalue weighted by Gasteiger charge is 2.25. The zero-order valence-electron chi connectivity index (χ0n) is 7.79. The number of hydrogen-bond donors (Lipinski definition) is 1. The van der Waals surface area contributed by atoms with Crippen molar-refractivity contribution in [3.05, 3.63) is 23.5 Å². The van der Waals surface area contributed by atoms with E-state index in [1.807, 2.05) is 0 Å². The zero-order chi connectivity index (χ0) is 9.26. The molecule has 1 aliphatic carbocycles. The van der Waals surface area contributed by atoms with Gasteiger partial charge in [0.1, 0.15) is 5.75 Å². The van der Waals surface area contributed by atoms with Crippen LogP contribution in [0.15, 0.2) is 12.3 Å². The van der Waals surface area contributed by atoms with Crippen molar-refractivity contribution < 1.29 is 4.74 Å². The molecule has 2 rings (SSSR count). The van der Waals surface area contributed by atoms with Crippen LogP contribution < -0.4 is 10.5 Å². The molecular weight excluding hydrogens is 164 g/mol. The van der Waals surface area contributed by atoms with E-state index in [2.05, 4.69) is 11.1 Å². The number of nitrogens with two attached hydrogens (primary N) is 1. The highest BCUT2D eigenvalue weighted by molar-refractivity contribution is 5.34. The van der Waals surface area contributed by atoms with E-state index in [0.717, 1.165) is 11.3 Å². The Morgan fingerprint density at radius 1 is 1.62 bits per heavy atom. The first-order chi connectivity index (χ1) is 6.35. The second-order valence-corrected chi connectivity index (χ2v) is 3.40. The molecule has 0 saturated heterocycles. The lowest BCUT2D eigenvalue weighted by atomic mass is 10.1. The molecule has 0 spiro atoms. The lowest BCUT2D eigenvalue weighted by Gasteiger charge is -2.07. The van der Waals surface area contributed by atoms with Crippen molar-refractivity contribution >= 4 is 0 Å². The van der Waals surface area contributed by atoms with Crippen LogP contribution in [-0.2, 0) is 6.54 Å². The number of aromatic nitrogens is 1. The maximum absolute atomic E-state index is 5.61. The normalized spacial score (nSPS) is 15.8. The summed E-state index contributed by atoms with van der Waals surface area (Å²) in [5.74, 6) is 1.48. The van der Waals surface area contributed by atoms with Gasteiger partial charge >= 0.3 is 0 Å². The van der Waals surface area contributed by atoms with Gasteiger partial charge in [-0.2, -0.15) is 0 Å². The predicted molar refractivity (Wildman–Crippen MR) is 50.7 cm³/mol. The van der Waals surface area contributed by atoms with Gasteiger partial charge in [0.15, 0.2) is 0 Å². The molecule has 3 nitrogen and oxygen atoms in total. The van der Waals surface area contributed by atoms with Crippen molar-refractivity contribution in [2.75, 3.05) is 7.11 Å². The largest absolute Gasteiger partial charge is 0.495 e. The highest BCUT2D eigenvalue weighted by Crippen LogP contribution is 2.39. The average Bonchev–Trinajstić information content (AvgIpc) is 3.00. The summed E-state index contributed by atoms with van der Waals surface area (Å²) in [6, 6.07) is 2.07. The molecule has 13 heavy (non-hydrogen) atoms. The van der Waals surface area contributed by atoms with Crippen molar-refractivity contribution in [1.29, 1.82) is 0 Å². The minimum absolute atomic E-state index is 0.519. The Bertz CT molecular complexity index is 308. The fourth-order valence-electron chi connectivity index (χ4n) is 1.45. The summed E-state index contributed by atoms with van der Waals surface area (Å²) < 4.78 is 5.15. The number of hydrogen-bond acceptors (Lipinski definition) is 3. The molecule has 0 aliphatic heterocycles. The van der Waals surface area contributed by atoms with Gasteiger partial charge < -0.3 is 10.5 Å². The van der Waals surface area contributed by atoms with Crippen LogP contribution in [0.4, 0.5) is 0 Å². The second-order valence-electron chi connectivity index (χ2n) is 3.40. The summed E-state index contributed by atoms with van der Waals surface area (Å²) in [4.78, 5) is 4.34. The monoisotopic (exact) mass is 178 g/mol. The van der Waals surface area contributed by atoms with Crippen LogP contribution in [0.2, 0.25) is 0 Å². The maximum Gasteiger partial charge on any atom is 0.141 e. The Labute approximate surface area is 77.9 Å². The van der Waals surface area contributed by atoms with Gasteiger partial charge in [-0.15, -0.1) is 0 Å². The quantitative estimate of drug-likeness (QED) is 0.761. The molecule has 70 valence electrons. The van der Waals surface area contributed by atoms with Crippen LogP contribution in [0.3, 0.4) is 0 Å². The molecule has 0 bridgehead atoms. The number of ether oxygens (including phenoxy) is 1. The molecule has 1 saturated carbocycles. The fraction of sp³-hybridized carbons (Fsp3) is 0.500. The van der Waals surface area contributed by atoms with Gasteiger partial charge in [0.2, 0.25) is 0 Å². The number of nitrogens with zero attached hydrogens (tertiary/aromatic N) is 1.